The number of carbonyl (C=O) groups is 2. The third-order valence-corrected chi connectivity index (χ3v) is 6.95. The van der Waals surface area contributed by atoms with Crippen LogP contribution in [0.15, 0.2) is 58.3 Å². The molecule has 0 saturated heterocycles. The zero-order valence-electron chi connectivity index (χ0n) is 16.8. The number of sulfonamides is 1. The van der Waals surface area contributed by atoms with E-state index >= 15 is 0 Å². The molecule has 0 radical (unpaired) electrons. The molecular formula is C19H22N2O7S2. The standard InChI is InChI=1S/C19H22N2O7S2/c1-13(28-19(23)14-7-5-9-16(11-14)29(4,24)25)18(22)20-15-8-6-10-17(12-15)30(26,27)21(2)3/h5-13H,1-4H3,(H,20,22)/t13-/m1/s1. The number of rotatable bonds is 7. The molecular weight excluding hydrogens is 432 g/mol. The predicted octanol–water partition coefficient (Wildman–Crippen LogP) is 1.52. The van der Waals surface area contributed by atoms with Crippen molar-refractivity contribution in [1.82, 2.24) is 4.31 Å². The summed E-state index contributed by atoms with van der Waals surface area (Å²) in [7, 11) is -4.41. The fraction of sp³-hybridized carbons (Fsp3) is 0.263. The maximum atomic E-state index is 12.4. The summed E-state index contributed by atoms with van der Waals surface area (Å²) in [5.74, 6) is -1.55. The van der Waals surface area contributed by atoms with Crippen LogP contribution in [0.1, 0.15) is 17.3 Å². The van der Waals surface area contributed by atoms with E-state index in [1.807, 2.05) is 0 Å². The number of carbonyl (C=O) groups excluding carboxylic acids is 2. The van der Waals surface area contributed by atoms with Crippen LogP contribution in [0.5, 0.6) is 0 Å². The summed E-state index contributed by atoms with van der Waals surface area (Å²) in [4.78, 5) is 24.6. The van der Waals surface area contributed by atoms with E-state index in [-0.39, 0.29) is 21.0 Å². The third kappa shape index (κ3) is 5.65. The Hall–Kier alpha value is -2.76. The Morgan fingerprint density at radius 1 is 0.967 bits per heavy atom. The van der Waals surface area contributed by atoms with Gasteiger partial charge in [0.25, 0.3) is 5.91 Å². The molecule has 11 heteroatoms. The van der Waals surface area contributed by atoms with Crippen molar-refractivity contribution in [2.45, 2.75) is 22.8 Å². The molecule has 0 aliphatic rings. The first-order chi connectivity index (χ1) is 13.8. The Morgan fingerprint density at radius 3 is 2.17 bits per heavy atom. The fourth-order valence-corrected chi connectivity index (χ4v) is 3.94. The van der Waals surface area contributed by atoms with E-state index in [0.717, 1.165) is 16.6 Å². The van der Waals surface area contributed by atoms with Crippen molar-refractivity contribution in [3.8, 4) is 0 Å². The maximum absolute atomic E-state index is 12.4. The lowest BCUT2D eigenvalue weighted by Crippen LogP contribution is -2.30. The highest BCUT2D eigenvalue weighted by Crippen LogP contribution is 2.19. The first-order valence-corrected chi connectivity index (χ1v) is 12.0. The van der Waals surface area contributed by atoms with E-state index in [1.165, 1.54) is 63.5 Å². The largest absolute Gasteiger partial charge is 0.449 e. The van der Waals surface area contributed by atoms with Gasteiger partial charge < -0.3 is 10.1 Å². The van der Waals surface area contributed by atoms with Gasteiger partial charge in [0.2, 0.25) is 10.0 Å². The summed E-state index contributed by atoms with van der Waals surface area (Å²) in [5, 5.41) is 2.49. The summed E-state index contributed by atoms with van der Waals surface area (Å²) >= 11 is 0. The van der Waals surface area contributed by atoms with Gasteiger partial charge in [-0.15, -0.1) is 0 Å². The van der Waals surface area contributed by atoms with E-state index in [9.17, 15) is 26.4 Å². The number of nitrogens with zero attached hydrogens (tertiary/aromatic N) is 1. The molecule has 1 N–H and O–H groups in total. The zero-order chi connectivity index (χ0) is 22.7. The maximum Gasteiger partial charge on any atom is 0.338 e. The first-order valence-electron chi connectivity index (χ1n) is 8.67. The minimum atomic E-state index is -3.68. The minimum absolute atomic E-state index is 0.00691. The quantitative estimate of drug-likeness (QED) is 0.629. The normalized spacial score (nSPS) is 13.0. The Balaban J connectivity index is 2.11. The van der Waals surface area contributed by atoms with Gasteiger partial charge in [-0.2, -0.15) is 0 Å². The molecule has 1 atom stereocenters. The minimum Gasteiger partial charge on any atom is -0.449 e. The molecule has 0 aromatic heterocycles. The van der Waals surface area contributed by atoms with E-state index < -0.39 is 37.8 Å². The van der Waals surface area contributed by atoms with Crippen molar-refractivity contribution in [3.63, 3.8) is 0 Å². The lowest BCUT2D eigenvalue weighted by molar-refractivity contribution is -0.123. The molecule has 0 spiro atoms. The molecule has 0 unspecified atom stereocenters. The number of sulfone groups is 1. The molecule has 0 aliphatic carbocycles. The van der Waals surface area contributed by atoms with E-state index in [0.29, 0.717) is 0 Å². The molecule has 0 aliphatic heterocycles. The third-order valence-electron chi connectivity index (χ3n) is 4.03. The predicted molar refractivity (Wildman–Crippen MR) is 110 cm³/mol. The summed E-state index contributed by atoms with van der Waals surface area (Å²) in [5.41, 5.74) is 0.196. The van der Waals surface area contributed by atoms with E-state index in [4.69, 9.17) is 4.74 Å². The molecule has 9 nitrogen and oxygen atoms in total. The van der Waals surface area contributed by atoms with Crippen LogP contribution in [-0.2, 0) is 29.4 Å². The second-order valence-electron chi connectivity index (χ2n) is 6.65. The van der Waals surface area contributed by atoms with Crippen LogP contribution in [0, 0.1) is 0 Å². The van der Waals surface area contributed by atoms with Crippen LogP contribution < -0.4 is 5.32 Å². The number of benzene rings is 2. The molecule has 0 fully saturated rings. The smallest absolute Gasteiger partial charge is 0.338 e. The van der Waals surface area contributed by atoms with Crippen LogP contribution in [0.3, 0.4) is 0 Å². The lowest BCUT2D eigenvalue weighted by Gasteiger charge is -2.15. The second kappa shape index (κ2) is 8.94. The summed E-state index contributed by atoms with van der Waals surface area (Å²) in [6, 6.07) is 10.9. The van der Waals surface area contributed by atoms with Gasteiger partial charge in [0.15, 0.2) is 15.9 Å². The van der Waals surface area contributed by atoms with E-state index in [1.54, 1.807) is 0 Å². The van der Waals surface area contributed by atoms with Crippen molar-refractivity contribution < 1.29 is 31.2 Å². The van der Waals surface area contributed by atoms with Crippen molar-refractivity contribution in [2.24, 2.45) is 0 Å². The van der Waals surface area contributed by atoms with Gasteiger partial charge >= 0.3 is 5.97 Å². The highest BCUT2D eigenvalue weighted by Gasteiger charge is 2.22. The fourth-order valence-electron chi connectivity index (χ4n) is 2.32. The lowest BCUT2D eigenvalue weighted by atomic mass is 10.2. The summed E-state index contributed by atoms with van der Waals surface area (Å²) in [6.45, 7) is 1.34. The average molecular weight is 455 g/mol. The molecule has 162 valence electrons. The SMILES string of the molecule is C[C@@H](OC(=O)c1cccc(S(C)(=O)=O)c1)C(=O)Nc1cccc(S(=O)(=O)N(C)C)c1. The van der Waals surface area contributed by atoms with Crippen molar-refractivity contribution in [2.75, 3.05) is 25.7 Å². The van der Waals surface area contributed by atoms with Crippen molar-refractivity contribution in [3.05, 3.63) is 54.1 Å². The molecule has 0 saturated carbocycles. The zero-order valence-corrected chi connectivity index (χ0v) is 18.5. The Morgan fingerprint density at radius 2 is 1.57 bits per heavy atom. The second-order valence-corrected chi connectivity index (χ2v) is 10.8. The van der Waals surface area contributed by atoms with Gasteiger partial charge in [0, 0.05) is 26.0 Å². The van der Waals surface area contributed by atoms with Crippen LogP contribution >= 0.6 is 0 Å². The number of ether oxygens (including phenoxy) is 1. The van der Waals surface area contributed by atoms with Gasteiger partial charge in [-0.1, -0.05) is 12.1 Å². The van der Waals surface area contributed by atoms with Gasteiger partial charge in [0.05, 0.1) is 15.4 Å². The van der Waals surface area contributed by atoms with E-state index in [2.05, 4.69) is 5.32 Å². The van der Waals surface area contributed by atoms with Gasteiger partial charge in [-0.25, -0.2) is 25.9 Å². The molecule has 30 heavy (non-hydrogen) atoms. The van der Waals surface area contributed by atoms with Gasteiger partial charge in [-0.3, -0.25) is 4.79 Å². The molecule has 2 aromatic rings. The Labute approximate surface area is 175 Å². The highest BCUT2D eigenvalue weighted by atomic mass is 32.2. The Bertz CT molecular complexity index is 1170. The summed E-state index contributed by atoms with van der Waals surface area (Å²) in [6.07, 6.45) is -0.202. The highest BCUT2D eigenvalue weighted by molar-refractivity contribution is 7.90. The monoisotopic (exact) mass is 454 g/mol. The van der Waals surface area contributed by atoms with Crippen LogP contribution in [-0.4, -0.2) is 59.5 Å². The molecule has 0 heterocycles. The average Bonchev–Trinajstić information content (AvgIpc) is 2.67. The topological polar surface area (TPSA) is 127 Å². The molecule has 0 bridgehead atoms. The van der Waals surface area contributed by atoms with Crippen LogP contribution in [0.4, 0.5) is 5.69 Å². The van der Waals surface area contributed by atoms with Crippen molar-refractivity contribution in [1.29, 1.82) is 0 Å². The van der Waals surface area contributed by atoms with Crippen LogP contribution in [0.25, 0.3) is 0 Å². The molecule has 2 aromatic carbocycles. The Kier molecular flexibility index (Phi) is 7.01. The number of esters is 1. The van der Waals surface area contributed by atoms with Gasteiger partial charge in [0.1, 0.15) is 0 Å². The van der Waals surface area contributed by atoms with Crippen LogP contribution in [0.2, 0.25) is 0 Å². The number of hydrogen-bond donors (Lipinski definition) is 1. The molecule has 2 rings (SSSR count). The number of amides is 1. The molecule has 1 amide bonds. The summed E-state index contributed by atoms with van der Waals surface area (Å²) < 4.78 is 53.8. The number of nitrogens with one attached hydrogen (secondary N) is 1. The first kappa shape index (κ1) is 23.5. The number of hydrogen-bond acceptors (Lipinski definition) is 7. The number of anilines is 1. The van der Waals surface area contributed by atoms with Gasteiger partial charge in [-0.05, 0) is 43.3 Å². The van der Waals surface area contributed by atoms with Crippen molar-refractivity contribution >= 4 is 37.4 Å².